The van der Waals surface area contributed by atoms with Gasteiger partial charge in [-0.05, 0) is 31.0 Å². The second-order valence-corrected chi connectivity index (χ2v) is 7.17. The number of rotatable bonds is 9. The molecule has 0 atom stereocenters. The number of nitrogens with zero attached hydrogens (tertiary/aromatic N) is 1. The van der Waals surface area contributed by atoms with Crippen LogP contribution in [0.3, 0.4) is 0 Å². The number of amides is 1. The second-order valence-electron chi connectivity index (χ2n) is 5.00. The van der Waals surface area contributed by atoms with Crippen LogP contribution in [0.1, 0.15) is 26.7 Å². The number of sulfonamides is 1. The normalized spacial score (nSPS) is 11.3. The molecular formula is C15H23ClN2O4S. The van der Waals surface area contributed by atoms with Gasteiger partial charge in [-0.25, -0.2) is 13.1 Å². The zero-order chi connectivity index (χ0) is 17.5. The van der Waals surface area contributed by atoms with Gasteiger partial charge < -0.3 is 9.64 Å². The molecule has 0 saturated heterocycles. The number of halogens is 1. The average Bonchev–Trinajstić information content (AvgIpc) is 2.52. The van der Waals surface area contributed by atoms with Crippen molar-refractivity contribution in [3.63, 3.8) is 0 Å². The summed E-state index contributed by atoms with van der Waals surface area (Å²) in [5.41, 5.74) is 0. The van der Waals surface area contributed by atoms with E-state index >= 15 is 0 Å². The molecule has 0 aliphatic rings. The van der Waals surface area contributed by atoms with Crippen molar-refractivity contribution in [3.05, 3.63) is 23.2 Å². The van der Waals surface area contributed by atoms with E-state index in [2.05, 4.69) is 4.72 Å². The Balaban J connectivity index is 2.87. The summed E-state index contributed by atoms with van der Waals surface area (Å²) in [6.45, 7) is 4.86. The Labute approximate surface area is 142 Å². The maximum absolute atomic E-state index is 12.4. The Hall–Kier alpha value is -1.31. The number of nitrogens with one attached hydrogen (secondary N) is 1. The van der Waals surface area contributed by atoms with Gasteiger partial charge in [0.05, 0.1) is 13.7 Å². The van der Waals surface area contributed by atoms with E-state index in [4.69, 9.17) is 16.3 Å². The van der Waals surface area contributed by atoms with Crippen molar-refractivity contribution in [1.82, 2.24) is 9.62 Å². The van der Waals surface area contributed by atoms with Crippen molar-refractivity contribution in [2.45, 2.75) is 31.6 Å². The molecule has 0 heterocycles. The number of carbonyl (C=O) groups excluding carboxylic acids is 1. The number of benzene rings is 1. The lowest BCUT2D eigenvalue weighted by molar-refractivity contribution is -0.130. The van der Waals surface area contributed by atoms with Crippen LogP contribution in [-0.4, -0.2) is 46.0 Å². The fourth-order valence-corrected chi connectivity index (χ4v) is 3.51. The van der Waals surface area contributed by atoms with Gasteiger partial charge in [-0.3, -0.25) is 4.79 Å². The third-order valence-electron chi connectivity index (χ3n) is 3.17. The fraction of sp³-hybridized carbons (Fsp3) is 0.533. The van der Waals surface area contributed by atoms with E-state index in [-0.39, 0.29) is 28.1 Å². The minimum atomic E-state index is -3.89. The molecule has 0 saturated carbocycles. The van der Waals surface area contributed by atoms with Gasteiger partial charge in [-0.2, -0.15) is 0 Å². The van der Waals surface area contributed by atoms with Gasteiger partial charge in [0.1, 0.15) is 10.6 Å². The molecule has 0 unspecified atom stereocenters. The molecule has 0 aromatic heterocycles. The van der Waals surface area contributed by atoms with Crippen LogP contribution in [0.15, 0.2) is 23.1 Å². The molecule has 8 heteroatoms. The van der Waals surface area contributed by atoms with Crippen molar-refractivity contribution >= 4 is 27.5 Å². The first-order chi connectivity index (χ1) is 10.9. The molecule has 1 amide bonds. The lowest BCUT2D eigenvalue weighted by atomic mass is 10.3. The van der Waals surface area contributed by atoms with Crippen molar-refractivity contribution < 1.29 is 17.9 Å². The molecule has 1 N–H and O–H groups in total. The highest BCUT2D eigenvalue weighted by Crippen LogP contribution is 2.26. The van der Waals surface area contributed by atoms with E-state index in [0.29, 0.717) is 13.1 Å². The second kappa shape index (κ2) is 9.10. The van der Waals surface area contributed by atoms with Crippen molar-refractivity contribution in [3.8, 4) is 5.75 Å². The third-order valence-corrected chi connectivity index (χ3v) is 4.83. The predicted octanol–water partition coefficient (Wildman–Crippen LogP) is 2.28. The minimum absolute atomic E-state index is 0.0853. The molecule has 1 aromatic carbocycles. The summed E-state index contributed by atoms with van der Waals surface area (Å²) in [5.74, 6) is -0.0772. The van der Waals surface area contributed by atoms with E-state index in [1.165, 1.54) is 25.3 Å². The number of carbonyl (C=O) groups is 1. The van der Waals surface area contributed by atoms with Gasteiger partial charge >= 0.3 is 0 Å². The van der Waals surface area contributed by atoms with Gasteiger partial charge in [0.2, 0.25) is 15.9 Å². The van der Waals surface area contributed by atoms with Crippen LogP contribution in [-0.2, 0) is 14.8 Å². The first-order valence-electron chi connectivity index (χ1n) is 7.46. The number of methoxy groups -OCH3 is 1. The Morgan fingerprint density at radius 1 is 1.26 bits per heavy atom. The number of hydrogen-bond donors (Lipinski definition) is 1. The topological polar surface area (TPSA) is 75.7 Å². The van der Waals surface area contributed by atoms with Gasteiger partial charge in [0.25, 0.3) is 0 Å². The minimum Gasteiger partial charge on any atom is -0.495 e. The van der Waals surface area contributed by atoms with E-state index in [1.807, 2.05) is 13.8 Å². The summed E-state index contributed by atoms with van der Waals surface area (Å²) in [5, 5.41) is 0.274. The SMILES string of the molecule is CCCN(CCC)C(=O)CNS(=O)(=O)c1cc(Cl)ccc1OC. The summed E-state index contributed by atoms with van der Waals surface area (Å²) < 4.78 is 32.1. The van der Waals surface area contributed by atoms with Crippen LogP contribution in [0.4, 0.5) is 0 Å². The molecule has 0 aliphatic carbocycles. The molecule has 23 heavy (non-hydrogen) atoms. The van der Waals surface area contributed by atoms with Crippen LogP contribution >= 0.6 is 11.6 Å². The first kappa shape index (κ1) is 19.7. The van der Waals surface area contributed by atoms with Crippen LogP contribution in [0.25, 0.3) is 0 Å². The van der Waals surface area contributed by atoms with Crippen LogP contribution in [0.2, 0.25) is 5.02 Å². The lowest BCUT2D eigenvalue weighted by Crippen LogP contribution is -2.41. The van der Waals surface area contributed by atoms with Gasteiger partial charge in [0.15, 0.2) is 0 Å². The molecule has 0 fully saturated rings. The smallest absolute Gasteiger partial charge is 0.244 e. The Morgan fingerprint density at radius 3 is 2.39 bits per heavy atom. The lowest BCUT2D eigenvalue weighted by Gasteiger charge is -2.21. The van der Waals surface area contributed by atoms with Crippen LogP contribution in [0, 0.1) is 0 Å². The van der Waals surface area contributed by atoms with E-state index in [9.17, 15) is 13.2 Å². The van der Waals surface area contributed by atoms with E-state index < -0.39 is 10.0 Å². The summed E-state index contributed by atoms with van der Waals surface area (Å²) in [6, 6.07) is 4.30. The van der Waals surface area contributed by atoms with Crippen molar-refractivity contribution in [2.24, 2.45) is 0 Å². The largest absolute Gasteiger partial charge is 0.495 e. The molecule has 0 aliphatic heterocycles. The molecule has 130 valence electrons. The summed E-state index contributed by atoms with van der Waals surface area (Å²) in [4.78, 5) is 13.7. The molecule has 0 radical (unpaired) electrons. The van der Waals surface area contributed by atoms with Crippen molar-refractivity contribution in [2.75, 3.05) is 26.7 Å². The van der Waals surface area contributed by atoms with E-state index in [1.54, 1.807) is 4.90 Å². The third kappa shape index (κ3) is 5.67. The van der Waals surface area contributed by atoms with Gasteiger partial charge in [0, 0.05) is 18.1 Å². The predicted molar refractivity (Wildman–Crippen MR) is 90.4 cm³/mol. The first-order valence-corrected chi connectivity index (χ1v) is 9.32. The zero-order valence-corrected chi connectivity index (χ0v) is 15.2. The van der Waals surface area contributed by atoms with Gasteiger partial charge in [-0.1, -0.05) is 25.4 Å². The van der Waals surface area contributed by atoms with Crippen molar-refractivity contribution in [1.29, 1.82) is 0 Å². The Kier molecular flexibility index (Phi) is 7.81. The zero-order valence-electron chi connectivity index (χ0n) is 13.6. The maximum Gasteiger partial charge on any atom is 0.244 e. The monoisotopic (exact) mass is 362 g/mol. The molecular weight excluding hydrogens is 340 g/mol. The van der Waals surface area contributed by atoms with E-state index in [0.717, 1.165) is 12.8 Å². The Morgan fingerprint density at radius 2 is 1.87 bits per heavy atom. The maximum atomic E-state index is 12.4. The molecule has 0 spiro atoms. The molecule has 6 nitrogen and oxygen atoms in total. The van der Waals surface area contributed by atoms with Crippen LogP contribution in [0.5, 0.6) is 5.75 Å². The number of ether oxygens (including phenoxy) is 1. The fourth-order valence-electron chi connectivity index (χ4n) is 2.11. The molecule has 0 bridgehead atoms. The quantitative estimate of drug-likeness (QED) is 0.731. The highest BCUT2D eigenvalue weighted by molar-refractivity contribution is 7.89. The summed E-state index contributed by atoms with van der Waals surface area (Å²) >= 11 is 5.85. The average molecular weight is 363 g/mol. The highest BCUT2D eigenvalue weighted by Gasteiger charge is 2.22. The molecule has 1 aromatic rings. The van der Waals surface area contributed by atoms with Crippen LogP contribution < -0.4 is 9.46 Å². The Bertz CT molecular complexity index is 628. The summed E-state index contributed by atoms with van der Waals surface area (Å²) in [6.07, 6.45) is 1.64. The number of hydrogen-bond acceptors (Lipinski definition) is 4. The molecule has 1 rings (SSSR count). The summed E-state index contributed by atoms with van der Waals surface area (Å²) in [7, 11) is -2.52. The highest BCUT2D eigenvalue weighted by atomic mass is 35.5. The standard InChI is InChI=1S/C15H23ClN2O4S/c1-4-8-18(9-5-2)15(19)11-17-23(20,21)14-10-12(16)6-7-13(14)22-3/h6-7,10,17H,4-5,8-9,11H2,1-3H3. The van der Waals surface area contributed by atoms with Gasteiger partial charge in [-0.15, -0.1) is 0 Å².